The van der Waals surface area contributed by atoms with Crippen molar-refractivity contribution < 1.29 is 22.7 Å². The lowest BCUT2D eigenvalue weighted by Gasteiger charge is -2.25. The maximum Gasteiger partial charge on any atom is 0.419 e. The molecular formula is C26H24F4N4O. The topological polar surface area (TPSA) is 53.7 Å². The predicted molar refractivity (Wildman–Crippen MR) is 126 cm³/mol. The first kappa shape index (κ1) is 23.3. The molecule has 3 heterocycles. The summed E-state index contributed by atoms with van der Waals surface area (Å²) in [6.45, 7) is 4.42. The zero-order chi connectivity index (χ0) is 24.9. The number of hydrogen-bond donors (Lipinski definition) is 1. The van der Waals surface area contributed by atoms with Gasteiger partial charge in [0.1, 0.15) is 11.6 Å². The Kier molecular flexibility index (Phi) is 5.75. The van der Waals surface area contributed by atoms with Gasteiger partial charge >= 0.3 is 6.18 Å². The van der Waals surface area contributed by atoms with Gasteiger partial charge in [-0.1, -0.05) is 29.8 Å². The molecule has 5 nitrogen and oxygen atoms in total. The Bertz CT molecular complexity index is 1400. The van der Waals surface area contributed by atoms with Crippen molar-refractivity contribution in [1.29, 1.82) is 0 Å². The van der Waals surface area contributed by atoms with Crippen LogP contribution in [0.15, 0.2) is 48.5 Å². The molecule has 2 aromatic heterocycles. The molecule has 0 bridgehead atoms. The predicted octanol–water partition coefficient (Wildman–Crippen LogP) is 5.80. The summed E-state index contributed by atoms with van der Waals surface area (Å²) in [6.07, 6.45) is -3.18. The van der Waals surface area contributed by atoms with Crippen molar-refractivity contribution in [2.24, 2.45) is 0 Å². The lowest BCUT2D eigenvalue weighted by Crippen LogP contribution is -2.32. The minimum Gasteiger partial charge on any atom is -0.394 e. The number of fused-ring (bicyclic) bond motifs is 1. The van der Waals surface area contributed by atoms with Crippen LogP contribution in [0.2, 0.25) is 0 Å². The summed E-state index contributed by atoms with van der Waals surface area (Å²) in [5.74, 6) is -0.793. The number of rotatable bonds is 4. The van der Waals surface area contributed by atoms with Gasteiger partial charge in [-0.3, -0.25) is 0 Å². The largest absolute Gasteiger partial charge is 0.419 e. The quantitative estimate of drug-likeness (QED) is 0.372. The van der Waals surface area contributed by atoms with E-state index in [2.05, 4.69) is 5.10 Å². The second-order valence-corrected chi connectivity index (χ2v) is 8.93. The van der Waals surface area contributed by atoms with Crippen molar-refractivity contribution in [2.45, 2.75) is 38.9 Å². The van der Waals surface area contributed by atoms with Gasteiger partial charge < -0.3 is 10.0 Å². The molecule has 1 fully saturated rings. The Morgan fingerprint density at radius 2 is 1.74 bits per heavy atom. The molecule has 1 saturated heterocycles. The molecular weight excluding hydrogens is 460 g/mol. The van der Waals surface area contributed by atoms with E-state index in [4.69, 9.17) is 4.98 Å². The molecule has 1 aliphatic heterocycles. The molecule has 4 aromatic rings. The molecule has 0 amide bonds. The molecule has 0 spiro atoms. The van der Waals surface area contributed by atoms with E-state index in [1.807, 2.05) is 43.0 Å². The number of halogens is 4. The normalized spacial score (nSPS) is 16.4. The molecule has 2 aromatic carbocycles. The molecule has 1 N–H and O–H groups in total. The number of nitrogens with zero attached hydrogens (tertiary/aromatic N) is 4. The second-order valence-electron chi connectivity index (χ2n) is 8.93. The highest BCUT2D eigenvalue weighted by molar-refractivity contribution is 5.83. The minimum absolute atomic E-state index is 0.0555. The lowest BCUT2D eigenvalue weighted by atomic mass is 10.0. The van der Waals surface area contributed by atoms with Crippen LogP contribution in [0.3, 0.4) is 0 Å². The van der Waals surface area contributed by atoms with E-state index in [1.165, 1.54) is 10.6 Å². The molecule has 1 atom stereocenters. The fraction of sp³-hybridized carbons (Fsp3) is 0.308. The third kappa shape index (κ3) is 4.14. The van der Waals surface area contributed by atoms with Crippen LogP contribution in [0.25, 0.3) is 28.0 Å². The highest BCUT2D eigenvalue weighted by atomic mass is 19.4. The highest BCUT2D eigenvalue weighted by Gasteiger charge is 2.35. The summed E-state index contributed by atoms with van der Waals surface area (Å²) < 4.78 is 56.0. The van der Waals surface area contributed by atoms with Crippen molar-refractivity contribution >= 4 is 11.5 Å². The van der Waals surface area contributed by atoms with Crippen LogP contribution in [0.5, 0.6) is 0 Å². The first-order valence-electron chi connectivity index (χ1n) is 11.4. The van der Waals surface area contributed by atoms with Crippen LogP contribution < -0.4 is 4.90 Å². The van der Waals surface area contributed by atoms with Crippen LogP contribution in [-0.2, 0) is 6.18 Å². The maximum absolute atomic E-state index is 14.0. The Hall–Kier alpha value is -3.46. The first-order valence-corrected chi connectivity index (χ1v) is 11.4. The van der Waals surface area contributed by atoms with E-state index in [9.17, 15) is 22.7 Å². The van der Waals surface area contributed by atoms with Crippen molar-refractivity contribution in [1.82, 2.24) is 14.6 Å². The number of aryl methyl sites for hydroxylation is 2. The van der Waals surface area contributed by atoms with Crippen LogP contribution in [0.1, 0.15) is 29.7 Å². The Balaban J connectivity index is 1.79. The van der Waals surface area contributed by atoms with Gasteiger partial charge in [-0.25, -0.2) is 13.9 Å². The maximum atomic E-state index is 14.0. The molecule has 9 heteroatoms. The molecule has 0 radical (unpaired) electrons. The first-order chi connectivity index (χ1) is 16.7. The molecule has 35 heavy (non-hydrogen) atoms. The van der Waals surface area contributed by atoms with E-state index >= 15 is 0 Å². The number of hydrogen-bond acceptors (Lipinski definition) is 4. The SMILES string of the molecule is Cc1ccc(-c2c(C)nn3c(-c4ccc(F)c(C(F)(F)F)c4)cc(N4CCC[C@H]4CO)nc23)cc1. The monoisotopic (exact) mass is 484 g/mol. The smallest absolute Gasteiger partial charge is 0.394 e. The molecule has 0 unspecified atom stereocenters. The van der Waals surface area contributed by atoms with E-state index in [0.29, 0.717) is 29.4 Å². The van der Waals surface area contributed by atoms with Gasteiger partial charge in [0.05, 0.1) is 29.6 Å². The fourth-order valence-corrected chi connectivity index (χ4v) is 4.75. The zero-order valence-electron chi connectivity index (χ0n) is 19.3. The van der Waals surface area contributed by atoms with E-state index in [1.54, 1.807) is 6.07 Å². The van der Waals surface area contributed by atoms with Gasteiger partial charge in [-0.2, -0.15) is 18.3 Å². The number of aliphatic hydroxyl groups excluding tert-OH is 1. The van der Waals surface area contributed by atoms with Crippen molar-refractivity contribution in [3.63, 3.8) is 0 Å². The summed E-state index contributed by atoms with van der Waals surface area (Å²) in [5.41, 5.74) is 3.09. The summed E-state index contributed by atoms with van der Waals surface area (Å²) in [5, 5.41) is 14.5. The standard InChI is InChI=1S/C26H24F4N4O/c1-15-5-7-17(8-6-15)24-16(2)32-34-22(18-9-10-21(27)20(12-18)26(28,29)30)13-23(31-25(24)34)33-11-3-4-19(33)14-35/h5-10,12-13,19,35H,3-4,11,14H2,1-2H3/t19-/m0/s1. The van der Waals surface area contributed by atoms with Crippen molar-refractivity contribution in [3.05, 3.63) is 71.2 Å². The average molecular weight is 484 g/mol. The molecule has 5 rings (SSSR count). The van der Waals surface area contributed by atoms with Gasteiger partial charge in [-0.15, -0.1) is 0 Å². The molecule has 182 valence electrons. The second kappa shape index (κ2) is 8.64. The summed E-state index contributed by atoms with van der Waals surface area (Å²) in [4.78, 5) is 6.84. The summed E-state index contributed by atoms with van der Waals surface area (Å²) in [6, 6.07) is 12.3. The molecule has 1 aliphatic rings. The van der Waals surface area contributed by atoms with Crippen molar-refractivity contribution in [3.8, 4) is 22.4 Å². The average Bonchev–Trinajstić information content (AvgIpc) is 3.42. The number of benzene rings is 2. The summed E-state index contributed by atoms with van der Waals surface area (Å²) in [7, 11) is 0. The minimum atomic E-state index is -4.83. The highest BCUT2D eigenvalue weighted by Crippen LogP contribution is 2.37. The Morgan fingerprint density at radius 3 is 2.43 bits per heavy atom. The van der Waals surface area contributed by atoms with Crippen molar-refractivity contribution in [2.75, 3.05) is 18.1 Å². The Morgan fingerprint density at radius 1 is 1.03 bits per heavy atom. The van der Waals surface area contributed by atoms with Crippen LogP contribution in [0, 0.1) is 19.7 Å². The van der Waals surface area contributed by atoms with Crippen LogP contribution in [-0.4, -0.2) is 38.9 Å². The third-order valence-electron chi connectivity index (χ3n) is 6.54. The Labute approximate surface area is 199 Å². The van der Waals surface area contributed by atoms with E-state index < -0.39 is 17.6 Å². The fourth-order valence-electron chi connectivity index (χ4n) is 4.75. The van der Waals surface area contributed by atoms with E-state index in [-0.39, 0.29) is 18.2 Å². The van der Waals surface area contributed by atoms with Gasteiger partial charge in [0, 0.05) is 23.7 Å². The number of alkyl halides is 3. The van der Waals surface area contributed by atoms with Gasteiger partial charge in [-0.05, 0) is 50.5 Å². The number of aromatic nitrogens is 3. The van der Waals surface area contributed by atoms with Crippen LogP contribution >= 0.6 is 0 Å². The number of aliphatic hydroxyl groups is 1. The molecule has 0 aliphatic carbocycles. The third-order valence-corrected chi connectivity index (χ3v) is 6.54. The van der Waals surface area contributed by atoms with Gasteiger partial charge in [0.2, 0.25) is 0 Å². The zero-order valence-corrected chi connectivity index (χ0v) is 19.3. The molecule has 0 saturated carbocycles. The number of anilines is 1. The van der Waals surface area contributed by atoms with Gasteiger partial charge in [0.15, 0.2) is 5.65 Å². The van der Waals surface area contributed by atoms with E-state index in [0.717, 1.165) is 41.7 Å². The summed E-state index contributed by atoms with van der Waals surface area (Å²) >= 11 is 0. The van der Waals surface area contributed by atoms with Gasteiger partial charge in [0.25, 0.3) is 0 Å². The van der Waals surface area contributed by atoms with Crippen LogP contribution in [0.4, 0.5) is 23.4 Å². The lowest BCUT2D eigenvalue weighted by molar-refractivity contribution is -0.139.